The number of hydrogen-bond donors (Lipinski definition) is 0. The number of ketones is 1. The summed E-state index contributed by atoms with van der Waals surface area (Å²) >= 11 is 12.2. The first-order chi connectivity index (χ1) is 19.4. The highest BCUT2D eigenvalue weighted by molar-refractivity contribution is 6.44. The van der Waals surface area contributed by atoms with E-state index in [0.717, 1.165) is 22.5 Å². The van der Waals surface area contributed by atoms with Crippen molar-refractivity contribution in [1.29, 1.82) is 0 Å². The number of methoxy groups -OCH3 is 2. The Kier molecular flexibility index (Phi) is 8.14. The molecule has 0 spiro atoms. The monoisotopic (exact) mass is 575 g/mol. The maximum Gasteiger partial charge on any atom is 0.198 e. The number of benzene rings is 4. The summed E-state index contributed by atoms with van der Waals surface area (Å²) in [4.78, 5) is 14.8. The molecule has 1 atom stereocenters. The van der Waals surface area contributed by atoms with Crippen LogP contribution in [0.15, 0.2) is 96.1 Å². The van der Waals surface area contributed by atoms with Crippen LogP contribution in [0.5, 0.6) is 17.2 Å². The van der Waals surface area contributed by atoms with E-state index in [1.54, 1.807) is 31.4 Å². The van der Waals surface area contributed by atoms with E-state index in [0.29, 0.717) is 39.7 Å². The van der Waals surface area contributed by atoms with Gasteiger partial charge in [0.25, 0.3) is 0 Å². The Morgan fingerprint density at radius 1 is 0.800 bits per heavy atom. The first kappa shape index (κ1) is 27.4. The largest absolute Gasteiger partial charge is 0.497 e. The summed E-state index contributed by atoms with van der Waals surface area (Å²) in [6.07, 6.45) is -0.507. The Bertz CT molecular complexity index is 1520. The molecule has 0 aliphatic carbocycles. The summed E-state index contributed by atoms with van der Waals surface area (Å²) in [7, 11) is 3.21. The highest BCUT2D eigenvalue weighted by atomic mass is 35.5. The molecule has 1 aliphatic heterocycles. The molecular weight excluding hydrogens is 549 g/mol. The van der Waals surface area contributed by atoms with Crippen molar-refractivity contribution in [2.45, 2.75) is 19.7 Å². The minimum Gasteiger partial charge on any atom is -0.497 e. The molecule has 0 unspecified atom stereocenters. The predicted octanol–water partition coefficient (Wildman–Crippen LogP) is 7.52. The van der Waals surface area contributed by atoms with E-state index < -0.39 is 6.17 Å². The maximum absolute atomic E-state index is 12.9. The fraction of sp³-hybridized carbons (Fsp3) is 0.161. The normalized spacial score (nSPS) is 14.6. The lowest BCUT2D eigenvalue weighted by Gasteiger charge is -2.32. The van der Waals surface area contributed by atoms with Gasteiger partial charge < -0.3 is 14.2 Å². The fourth-order valence-electron chi connectivity index (χ4n) is 4.47. The molecule has 1 aliphatic rings. The van der Waals surface area contributed by atoms with Crippen LogP contribution in [0.2, 0.25) is 10.0 Å². The van der Waals surface area contributed by atoms with E-state index in [-0.39, 0.29) is 5.78 Å². The van der Waals surface area contributed by atoms with Crippen molar-refractivity contribution >= 4 is 46.2 Å². The number of nitrogens with zero attached hydrogens (tertiary/aromatic N) is 3. The number of Topliss-reactive ketones (excluding diaryl/α,β-unsaturated/α-hetero) is 1. The van der Waals surface area contributed by atoms with E-state index >= 15 is 0 Å². The second-order valence-electron chi connectivity index (χ2n) is 9.07. The quantitative estimate of drug-likeness (QED) is 0.205. The van der Waals surface area contributed by atoms with Crippen LogP contribution in [-0.4, -0.2) is 25.8 Å². The molecule has 4 aromatic rings. The Balaban J connectivity index is 1.56. The van der Waals surface area contributed by atoms with Crippen LogP contribution in [0.25, 0.3) is 0 Å². The molecule has 9 heteroatoms. The van der Waals surface area contributed by atoms with Crippen LogP contribution in [-0.2, 0) is 11.4 Å². The van der Waals surface area contributed by atoms with Crippen molar-refractivity contribution in [2.24, 2.45) is 5.10 Å². The minimum atomic E-state index is -0.507. The average molecular weight is 576 g/mol. The SMILES string of the molecule is COc1ccc(N2C(C(C)=O)=NN(c3ccc(Cl)cc3)[C@H]2c2ccc(OCc3ccc(Cl)cc3)c(OC)c2)cc1. The van der Waals surface area contributed by atoms with E-state index in [1.165, 1.54) is 6.92 Å². The van der Waals surface area contributed by atoms with Crippen molar-refractivity contribution in [3.8, 4) is 17.2 Å². The third-order valence-electron chi connectivity index (χ3n) is 6.46. The van der Waals surface area contributed by atoms with Gasteiger partial charge in [0.15, 0.2) is 29.3 Å². The van der Waals surface area contributed by atoms with Gasteiger partial charge >= 0.3 is 0 Å². The van der Waals surface area contributed by atoms with Crippen molar-refractivity contribution in [3.63, 3.8) is 0 Å². The molecule has 0 N–H and O–H groups in total. The van der Waals surface area contributed by atoms with Gasteiger partial charge in [-0.05, 0) is 78.4 Å². The van der Waals surface area contributed by atoms with Crippen molar-refractivity contribution in [3.05, 3.63) is 112 Å². The highest BCUT2D eigenvalue weighted by Gasteiger charge is 2.39. The van der Waals surface area contributed by atoms with E-state index in [2.05, 4.69) is 0 Å². The molecule has 0 aromatic heterocycles. The maximum atomic E-state index is 12.9. The molecule has 0 saturated heterocycles. The molecule has 7 nitrogen and oxygen atoms in total. The topological polar surface area (TPSA) is 63.6 Å². The summed E-state index contributed by atoms with van der Waals surface area (Å²) in [5.74, 6) is 1.97. The van der Waals surface area contributed by atoms with Crippen LogP contribution < -0.4 is 24.1 Å². The van der Waals surface area contributed by atoms with Gasteiger partial charge in [-0.15, -0.1) is 5.10 Å². The summed E-state index contributed by atoms with van der Waals surface area (Å²) in [5, 5.41) is 7.85. The van der Waals surface area contributed by atoms with Gasteiger partial charge in [-0.2, -0.15) is 0 Å². The first-order valence-electron chi connectivity index (χ1n) is 12.5. The van der Waals surface area contributed by atoms with Gasteiger partial charge in [-0.25, -0.2) is 5.01 Å². The highest BCUT2D eigenvalue weighted by Crippen LogP contribution is 2.42. The standard InChI is InChI=1S/C31H27Cl2N3O4/c1-20(37)30-34-36(26-11-9-24(33)10-12-26)31(35(30)25-13-15-27(38-2)16-14-25)22-6-17-28(29(18-22)39-3)40-19-21-4-7-23(32)8-5-21/h4-18,31H,19H2,1-3H3/t31-/m0/s1. The molecule has 1 heterocycles. The molecule has 4 aromatic carbocycles. The molecular formula is C31H27Cl2N3O4. The lowest BCUT2D eigenvalue weighted by atomic mass is 10.1. The van der Waals surface area contributed by atoms with E-state index in [1.807, 2.05) is 83.8 Å². The zero-order valence-electron chi connectivity index (χ0n) is 22.2. The summed E-state index contributed by atoms with van der Waals surface area (Å²) in [5.41, 5.74) is 3.36. The number of ether oxygens (including phenoxy) is 3. The van der Waals surface area contributed by atoms with Gasteiger partial charge in [0.2, 0.25) is 0 Å². The van der Waals surface area contributed by atoms with Gasteiger partial charge in [-0.3, -0.25) is 9.69 Å². The molecule has 0 amide bonds. The predicted molar refractivity (Wildman–Crippen MR) is 159 cm³/mol. The molecule has 0 saturated carbocycles. The third kappa shape index (κ3) is 5.71. The Morgan fingerprint density at radius 3 is 2.02 bits per heavy atom. The molecule has 0 bridgehead atoms. The molecule has 5 rings (SSSR count). The number of hydrogen-bond acceptors (Lipinski definition) is 7. The second-order valence-corrected chi connectivity index (χ2v) is 9.94. The summed E-state index contributed by atoms with van der Waals surface area (Å²) in [6, 6.07) is 28.0. The second kappa shape index (κ2) is 11.9. The molecule has 204 valence electrons. The Hall–Kier alpha value is -4.20. The van der Waals surface area contributed by atoms with Crippen LogP contribution in [0.1, 0.15) is 24.2 Å². The van der Waals surface area contributed by atoms with Gasteiger partial charge in [0.05, 0.1) is 19.9 Å². The number of carbonyl (C=O) groups is 1. The Labute approximate surface area is 243 Å². The van der Waals surface area contributed by atoms with Crippen LogP contribution in [0.3, 0.4) is 0 Å². The van der Waals surface area contributed by atoms with Crippen molar-refractivity contribution in [1.82, 2.24) is 0 Å². The number of amidine groups is 1. The lowest BCUT2D eigenvalue weighted by molar-refractivity contribution is -0.111. The van der Waals surface area contributed by atoms with Gasteiger partial charge in [-0.1, -0.05) is 41.4 Å². The lowest BCUT2D eigenvalue weighted by Crippen LogP contribution is -2.37. The van der Waals surface area contributed by atoms with Crippen LogP contribution in [0, 0.1) is 0 Å². The van der Waals surface area contributed by atoms with Crippen molar-refractivity contribution in [2.75, 3.05) is 24.1 Å². The first-order valence-corrected chi connectivity index (χ1v) is 13.3. The average Bonchev–Trinajstić information content (AvgIpc) is 3.38. The molecule has 0 radical (unpaired) electrons. The van der Waals surface area contributed by atoms with E-state index in [9.17, 15) is 4.79 Å². The fourth-order valence-corrected chi connectivity index (χ4v) is 4.72. The number of anilines is 2. The number of carbonyl (C=O) groups excluding carboxylic acids is 1. The molecule has 0 fully saturated rings. The smallest absolute Gasteiger partial charge is 0.198 e. The third-order valence-corrected chi connectivity index (χ3v) is 6.96. The minimum absolute atomic E-state index is 0.174. The van der Waals surface area contributed by atoms with Gasteiger partial charge in [0, 0.05) is 28.2 Å². The zero-order chi connectivity index (χ0) is 28.2. The Morgan fingerprint density at radius 2 is 1.43 bits per heavy atom. The van der Waals surface area contributed by atoms with Crippen LogP contribution >= 0.6 is 23.2 Å². The van der Waals surface area contributed by atoms with Crippen molar-refractivity contribution < 1.29 is 19.0 Å². The number of hydrazone groups is 1. The summed E-state index contributed by atoms with van der Waals surface area (Å²) < 4.78 is 17.2. The van der Waals surface area contributed by atoms with Gasteiger partial charge in [0.1, 0.15) is 12.4 Å². The zero-order valence-corrected chi connectivity index (χ0v) is 23.7. The number of halogens is 2. The summed E-state index contributed by atoms with van der Waals surface area (Å²) in [6.45, 7) is 1.86. The molecule has 40 heavy (non-hydrogen) atoms. The van der Waals surface area contributed by atoms with E-state index in [4.69, 9.17) is 42.5 Å². The van der Waals surface area contributed by atoms with Crippen LogP contribution in [0.4, 0.5) is 11.4 Å². The number of rotatable bonds is 9.